The average molecular weight is 553 g/mol. The van der Waals surface area contributed by atoms with Crippen LogP contribution in [-0.2, 0) is 0 Å². The van der Waals surface area contributed by atoms with Crippen molar-refractivity contribution in [2.24, 2.45) is 0 Å². The van der Waals surface area contributed by atoms with Crippen LogP contribution in [0.25, 0.3) is 0 Å². The Balaban J connectivity index is 1.83. The van der Waals surface area contributed by atoms with Gasteiger partial charge in [-0.2, -0.15) is 10.5 Å². The van der Waals surface area contributed by atoms with Gasteiger partial charge in [0, 0.05) is 0 Å². The highest BCUT2D eigenvalue weighted by molar-refractivity contribution is 5.75. The summed E-state index contributed by atoms with van der Waals surface area (Å²) in [6.45, 7) is 7.76. The maximum Gasteiger partial charge on any atom is 0.217 e. The molecular weight excluding hydrogens is 524 g/mol. The van der Waals surface area contributed by atoms with E-state index in [0.29, 0.717) is 23.0 Å². The SMILES string of the molecule is Cc1ccc(Oc2c(C#N)c(C#N)c(Oc3ccc(C)cc3)c(Oc3ccccc3C)c2Oc2ccccc2C)cc1. The van der Waals surface area contributed by atoms with Crippen molar-refractivity contribution in [3.8, 4) is 58.1 Å². The predicted octanol–water partition coefficient (Wildman–Crippen LogP) is 9.83. The number of ether oxygens (including phenoxy) is 4. The summed E-state index contributed by atoms with van der Waals surface area (Å²) in [5, 5.41) is 20.8. The lowest BCUT2D eigenvalue weighted by Crippen LogP contribution is -2.04. The molecule has 0 saturated heterocycles. The molecule has 6 nitrogen and oxygen atoms in total. The molecule has 0 aromatic heterocycles. The minimum absolute atomic E-state index is 0.0408. The summed E-state index contributed by atoms with van der Waals surface area (Å²) in [7, 11) is 0. The summed E-state index contributed by atoms with van der Waals surface area (Å²) >= 11 is 0. The van der Waals surface area contributed by atoms with Crippen LogP contribution in [0.3, 0.4) is 0 Å². The number of benzene rings is 5. The van der Waals surface area contributed by atoms with Crippen molar-refractivity contribution in [1.29, 1.82) is 10.5 Å². The molecule has 0 saturated carbocycles. The van der Waals surface area contributed by atoms with Gasteiger partial charge in [-0.05, 0) is 75.2 Å². The molecule has 206 valence electrons. The standard InChI is InChI=1S/C36H28N2O4/c1-23-13-17-27(18-14-23)39-33-29(21-37)30(22-38)34(40-28-19-15-24(2)16-20-28)36(42-32-12-8-6-10-26(32)4)35(33)41-31-11-7-5-9-25(31)3/h5-20H,1-4H3. The van der Waals surface area contributed by atoms with Gasteiger partial charge in [-0.25, -0.2) is 0 Å². The third kappa shape index (κ3) is 5.89. The van der Waals surface area contributed by atoms with Gasteiger partial charge in [0.15, 0.2) is 11.5 Å². The van der Waals surface area contributed by atoms with Crippen LogP contribution in [0.15, 0.2) is 97.1 Å². The molecule has 0 atom stereocenters. The van der Waals surface area contributed by atoms with E-state index in [1.807, 2.05) is 100 Å². The van der Waals surface area contributed by atoms with E-state index in [0.717, 1.165) is 22.3 Å². The number of hydrogen-bond acceptors (Lipinski definition) is 6. The van der Waals surface area contributed by atoms with Crippen molar-refractivity contribution >= 4 is 0 Å². The van der Waals surface area contributed by atoms with Crippen LogP contribution in [-0.4, -0.2) is 0 Å². The van der Waals surface area contributed by atoms with E-state index in [4.69, 9.17) is 18.9 Å². The number of nitriles is 2. The van der Waals surface area contributed by atoms with Gasteiger partial charge in [-0.3, -0.25) is 0 Å². The molecule has 0 aliphatic carbocycles. The van der Waals surface area contributed by atoms with Gasteiger partial charge in [0.1, 0.15) is 46.3 Å². The first-order chi connectivity index (χ1) is 20.4. The Kier molecular flexibility index (Phi) is 8.09. The van der Waals surface area contributed by atoms with Crippen molar-refractivity contribution in [2.45, 2.75) is 27.7 Å². The van der Waals surface area contributed by atoms with Crippen LogP contribution in [0, 0.1) is 50.4 Å². The molecule has 0 fully saturated rings. The third-order valence-corrected chi connectivity index (χ3v) is 6.64. The lowest BCUT2D eigenvalue weighted by atomic mass is 10.0. The van der Waals surface area contributed by atoms with Gasteiger partial charge in [0.2, 0.25) is 11.5 Å². The zero-order valence-electron chi connectivity index (χ0n) is 23.8. The number of aryl methyl sites for hydroxylation is 4. The highest BCUT2D eigenvalue weighted by atomic mass is 16.6. The number of rotatable bonds is 8. The van der Waals surface area contributed by atoms with Gasteiger partial charge < -0.3 is 18.9 Å². The van der Waals surface area contributed by atoms with Crippen LogP contribution in [0.2, 0.25) is 0 Å². The zero-order valence-corrected chi connectivity index (χ0v) is 23.8. The van der Waals surface area contributed by atoms with E-state index in [1.54, 1.807) is 24.3 Å². The normalized spacial score (nSPS) is 10.3. The van der Waals surface area contributed by atoms with Gasteiger partial charge in [-0.15, -0.1) is 0 Å². The summed E-state index contributed by atoms with van der Waals surface area (Å²) in [5.74, 6) is 2.26. The summed E-state index contributed by atoms with van der Waals surface area (Å²) in [4.78, 5) is 0. The monoisotopic (exact) mass is 552 g/mol. The summed E-state index contributed by atoms with van der Waals surface area (Å²) in [5.41, 5.74) is 3.71. The molecule has 0 radical (unpaired) electrons. The number of para-hydroxylation sites is 2. The average Bonchev–Trinajstić information content (AvgIpc) is 2.99. The maximum absolute atomic E-state index is 10.4. The molecule has 5 aromatic carbocycles. The van der Waals surface area contributed by atoms with Gasteiger partial charge >= 0.3 is 0 Å². The van der Waals surface area contributed by atoms with Crippen molar-refractivity contribution in [3.63, 3.8) is 0 Å². The van der Waals surface area contributed by atoms with E-state index in [2.05, 4.69) is 12.1 Å². The molecule has 5 aromatic rings. The molecular formula is C36H28N2O4. The van der Waals surface area contributed by atoms with E-state index in [1.165, 1.54) is 0 Å². The summed E-state index contributed by atoms with van der Waals surface area (Å²) in [6, 6.07) is 34.0. The minimum Gasteiger partial charge on any atom is -0.452 e. The molecule has 0 bridgehead atoms. The van der Waals surface area contributed by atoms with E-state index < -0.39 is 0 Å². The fourth-order valence-corrected chi connectivity index (χ4v) is 4.26. The van der Waals surface area contributed by atoms with Crippen molar-refractivity contribution in [2.75, 3.05) is 0 Å². The Morgan fingerprint density at radius 2 is 0.786 bits per heavy atom. The molecule has 0 heterocycles. The van der Waals surface area contributed by atoms with E-state index in [-0.39, 0.29) is 34.1 Å². The number of hydrogen-bond donors (Lipinski definition) is 0. The lowest BCUT2D eigenvalue weighted by molar-refractivity contribution is 0.363. The van der Waals surface area contributed by atoms with Gasteiger partial charge in [0.25, 0.3) is 0 Å². The Bertz CT molecular complexity index is 1690. The van der Waals surface area contributed by atoms with Gasteiger partial charge in [0.05, 0.1) is 0 Å². The highest BCUT2D eigenvalue weighted by Crippen LogP contribution is 2.55. The number of nitrogens with zero attached hydrogens (tertiary/aromatic N) is 2. The smallest absolute Gasteiger partial charge is 0.217 e. The summed E-state index contributed by atoms with van der Waals surface area (Å²) in [6.07, 6.45) is 0. The first kappa shape index (κ1) is 27.8. The quantitative estimate of drug-likeness (QED) is 0.190. The van der Waals surface area contributed by atoms with E-state index >= 15 is 0 Å². The van der Waals surface area contributed by atoms with Crippen molar-refractivity contribution < 1.29 is 18.9 Å². The van der Waals surface area contributed by atoms with Crippen LogP contribution >= 0.6 is 0 Å². The minimum atomic E-state index is -0.0408. The first-order valence-corrected chi connectivity index (χ1v) is 13.4. The first-order valence-electron chi connectivity index (χ1n) is 13.4. The molecule has 0 aliphatic rings. The molecule has 5 rings (SSSR count). The third-order valence-electron chi connectivity index (χ3n) is 6.64. The van der Waals surface area contributed by atoms with Crippen LogP contribution in [0.4, 0.5) is 0 Å². The zero-order chi connectivity index (χ0) is 29.6. The topological polar surface area (TPSA) is 84.5 Å². The second-order valence-corrected chi connectivity index (χ2v) is 9.86. The van der Waals surface area contributed by atoms with Crippen LogP contribution in [0.5, 0.6) is 46.0 Å². The second-order valence-electron chi connectivity index (χ2n) is 9.86. The van der Waals surface area contributed by atoms with Crippen molar-refractivity contribution in [1.82, 2.24) is 0 Å². The fraction of sp³-hybridized carbons (Fsp3) is 0.111. The van der Waals surface area contributed by atoms with Crippen molar-refractivity contribution in [3.05, 3.63) is 130 Å². The predicted molar refractivity (Wildman–Crippen MR) is 161 cm³/mol. The summed E-state index contributed by atoms with van der Waals surface area (Å²) < 4.78 is 25.7. The molecule has 0 unspecified atom stereocenters. The molecule has 42 heavy (non-hydrogen) atoms. The van der Waals surface area contributed by atoms with Gasteiger partial charge in [-0.1, -0.05) is 71.8 Å². The van der Waals surface area contributed by atoms with E-state index in [9.17, 15) is 10.5 Å². The fourth-order valence-electron chi connectivity index (χ4n) is 4.26. The molecule has 6 heteroatoms. The molecule has 0 aliphatic heterocycles. The largest absolute Gasteiger partial charge is 0.452 e. The molecule has 0 spiro atoms. The second kappa shape index (κ2) is 12.2. The Labute approximate surface area is 245 Å². The maximum atomic E-state index is 10.4. The Morgan fingerprint density at radius 3 is 1.12 bits per heavy atom. The Hall–Kier alpha value is -5.72. The Morgan fingerprint density at radius 1 is 0.429 bits per heavy atom. The molecule has 0 N–H and O–H groups in total. The molecule has 0 amide bonds. The highest BCUT2D eigenvalue weighted by Gasteiger charge is 2.32. The lowest BCUT2D eigenvalue weighted by Gasteiger charge is -2.23. The van der Waals surface area contributed by atoms with Crippen LogP contribution < -0.4 is 18.9 Å². The van der Waals surface area contributed by atoms with Crippen LogP contribution in [0.1, 0.15) is 33.4 Å².